The van der Waals surface area contributed by atoms with Crippen LogP contribution in [0.3, 0.4) is 0 Å². The van der Waals surface area contributed by atoms with Gasteiger partial charge in [0, 0.05) is 0 Å². The third-order valence-electron chi connectivity index (χ3n) is 10.7. The Morgan fingerprint density at radius 3 is 2.24 bits per heavy atom. The number of rotatable bonds is 1. The molecule has 0 aromatic carbocycles. The molecule has 0 aliphatic heterocycles. The van der Waals surface area contributed by atoms with E-state index in [0.29, 0.717) is 10.8 Å². The van der Waals surface area contributed by atoms with Gasteiger partial charge in [-0.15, -0.1) is 0 Å². The predicted molar refractivity (Wildman–Crippen MR) is 108 cm³/mol. The van der Waals surface area contributed by atoms with Crippen molar-refractivity contribution in [2.45, 2.75) is 93.4 Å². The maximum atomic E-state index is 2.73. The Labute approximate surface area is 157 Å². The topological polar surface area (TPSA) is 0 Å². The molecule has 0 radical (unpaired) electrons. The van der Waals surface area contributed by atoms with E-state index in [-0.39, 0.29) is 0 Å². The Balaban J connectivity index is 1.70. The molecule has 4 saturated carbocycles. The van der Waals surface area contributed by atoms with Crippen molar-refractivity contribution < 1.29 is 0 Å². The molecular formula is C25H44. The van der Waals surface area contributed by atoms with E-state index in [0.717, 1.165) is 53.3 Å². The summed E-state index contributed by atoms with van der Waals surface area (Å²) < 4.78 is 0. The molecule has 4 rings (SSSR count). The lowest BCUT2D eigenvalue weighted by molar-refractivity contribution is -0.162. The van der Waals surface area contributed by atoms with Crippen LogP contribution in [0.25, 0.3) is 0 Å². The number of hydrogen-bond acceptors (Lipinski definition) is 0. The van der Waals surface area contributed by atoms with Crippen LogP contribution < -0.4 is 0 Å². The first kappa shape index (κ1) is 18.4. The van der Waals surface area contributed by atoms with Crippen molar-refractivity contribution in [3.63, 3.8) is 0 Å². The largest absolute Gasteiger partial charge is 0.0625 e. The van der Waals surface area contributed by atoms with Crippen molar-refractivity contribution in [1.29, 1.82) is 0 Å². The van der Waals surface area contributed by atoms with Gasteiger partial charge in [-0.1, -0.05) is 54.9 Å². The molecule has 0 aromatic rings. The van der Waals surface area contributed by atoms with Gasteiger partial charge in [-0.2, -0.15) is 0 Å². The predicted octanol–water partition coefficient (Wildman–Crippen LogP) is 7.43. The molecule has 0 nitrogen and oxygen atoms in total. The molecule has 0 aromatic heterocycles. The molecule has 4 aliphatic rings. The summed E-state index contributed by atoms with van der Waals surface area (Å²) >= 11 is 0. The first-order chi connectivity index (χ1) is 11.7. The maximum absolute atomic E-state index is 2.73. The van der Waals surface area contributed by atoms with Crippen LogP contribution >= 0.6 is 0 Å². The molecule has 0 heterocycles. The zero-order valence-electron chi connectivity index (χ0n) is 18.1. The van der Waals surface area contributed by atoms with E-state index in [4.69, 9.17) is 0 Å². The quantitative estimate of drug-likeness (QED) is 0.464. The SMILES string of the molecule is CC(C)[C@H]1CC[C@H]2[C@@H]3[C@H](C)C[C@@H]4C[C@H](C)CC[C@]4(C)[C@H]3C[C@H](C)[C@]12C. The van der Waals surface area contributed by atoms with Crippen LogP contribution in [-0.2, 0) is 0 Å². The average molecular weight is 345 g/mol. The highest BCUT2D eigenvalue weighted by molar-refractivity contribution is 5.12. The summed E-state index contributed by atoms with van der Waals surface area (Å²) in [5, 5.41) is 0. The molecule has 0 saturated heterocycles. The molecule has 10 atom stereocenters. The van der Waals surface area contributed by atoms with Gasteiger partial charge in [0.15, 0.2) is 0 Å². The van der Waals surface area contributed by atoms with Gasteiger partial charge in [0.25, 0.3) is 0 Å². The van der Waals surface area contributed by atoms with Crippen molar-refractivity contribution in [3.05, 3.63) is 0 Å². The van der Waals surface area contributed by atoms with E-state index in [1.165, 1.54) is 44.9 Å². The molecule has 0 unspecified atom stereocenters. The van der Waals surface area contributed by atoms with Gasteiger partial charge >= 0.3 is 0 Å². The van der Waals surface area contributed by atoms with Crippen LogP contribution in [-0.4, -0.2) is 0 Å². The molecule has 0 N–H and O–H groups in total. The molecule has 0 bridgehead atoms. The van der Waals surface area contributed by atoms with Gasteiger partial charge in [0.1, 0.15) is 0 Å². The average Bonchev–Trinajstić information content (AvgIpc) is 2.89. The second-order valence-electron chi connectivity index (χ2n) is 12.0. The molecule has 144 valence electrons. The molecule has 25 heavy (non-hydrogen) atoms. The Kier molecular flexibility index (Phi) is 4.41. The fraction of sp³-hybridized carbons (Fsp3) is 1.00. The number of fused-ring (bicyclic) bond motifs is 5. The van der Waals surface area contributed by atoms with Gasteiger partial charge in [0.2, 0.25) is 0 Å². The zero-order valence-corrected chi connectivity index (χ0v) is 18.1. The third kappa shape index (κ3) is 2.44. The Hall–Kier alpha value is 0. The van der Waals surface area contributed by atoms with Crippen LogP contribution in [0.4, 0.5) is 0 Å². The number of hydrogen-bond donors (Lipinski definition) is 0. The standard InChI is InChI=1S/C25H44/c1-15(2)20-8-9-21-23-17(4)13-19-12-16(3)10-11-24(19,6)22(23)14-18(5)25(20,21)7/h15-23H,8-14H2,1-7H3/t16-,17-,18+,19+,20-,21+,22+,23+,24+,25-/m1/s1. The molecular weight excluding hydrogens is 300 g/mol. The molecule has 4 fully saturated rings. The normalized spacial score (nSPS) is 58.6. The second-order valence-corrected chi connectivity index (χ2v) is 12.0. The highest BCUT2D eigenvalue weighted by Gasteiger charge is 2.63. The fourth-order valence-corrected chi connectivity index (χ4v) is 9.31. The van der Waals surface area contributed by atoms with E-state index in [1.54, 1.807) is 0 Å². The Morgan fingerprint density at radius 1 is 0.840 bits per heavy atom. The summed E-state index contributed by atoms with van der Waals surface area (Å²) in [5.74, 6) is 8.79. The summed E-state index contributed by atoms with van der Waals surface area (Å²) in [6.07, 6.45) is 10.7. The third-order valence-corrected chi connectivity index (χ3v) is 10.7. The molecule has 0 heteroatoms. The zero-order chi connectivity index (χ0) is 18.1. The smallest absolute Gasteiger partial charge is 0.0238 e. The van der Waals surface area contributed by atoms with Crippen LogP contribution in [0.5, 0.6) is 0 Å². The van der Waals surface area contributed by atoms with E-state index >= 15 is 0 Å². The molecule has 4 aliphatic carbocycles. The van der Waals surface area contributed by atoms with Crippen LogP contribution in [0, 0.1) is 64.1 Å². The first-order valence-corrected chi connectivity index (χ1v) is 11.7. The van der Waals surface area contributed by atoms with E-state index in [1.807, 2.05) is 0 Å². The highest BCUT2D eigenvalue weighted by atomic mass is 14.7. The maximum Gasteiger partial charge on any atom is -0.0238 e. The summed E-state index contributed by atoms with van der Waals surface area (Å²) in [6.45, 7) is 18.3. The van der Waals surface area contributed by atoms with Gasteiger partial charge in [0.05, 0.1) is 0 Å². The van der Waals surface area contributed by atoms with Crippen molar-refractivity contribution in [3.8, 4) is 0 Å². The van der Waals surface area contributed by atoms with Gasteiger partial charge < -0.3 is 0 Å². The molecule has 0 spiro atoms. The van der Waals surface area contributed by atoms with Crippen LogP contribution in [0.2, 0.25) is 0 Å². The summed E-state index contributed by atoms with van der Waals surface area (Å²) in [7, 11) is 0. The summed E-state index contributed by atoms with van der Waals surface area (Å²) in [4.78, 5) is 0. The minimum absolute atomic E-state index is 0.620. The van der Waals surface area contributed by atoms with Crippen molar-refractivity contribution >= 4 is 0 Å². The van der Waals surface area contributed by atoms with Crippen LogP contribution in [0.15, 0.2) is 0 Å². The first-order valence-electron chi connectivity index (χ1n) is 11.7. The lowest BCUT2D eigenvalue weighted by Crippen LogP contribution is -2.58. The highest BCUT2D eigenvalue weighted by Crippen LogP contribution is 2.70. The Bertz CT molecular complexity index is 506. The van der Waals surface area contributed by atoms with Crippen molar-refractivity contribution in [2.24, 2.45) is 64.1 Å². The lowest BCUT2D eigenvalue weighted by Gasteiger charge is -2.65. The Morgan fingerprint density at radius 2 is 1.56 bits per heavy atom. The minimum Gasteiger partial charge on any atom is -0.0625 e. The van der Waals surface area contributed by atoms with Crippen LogP contribution in [0.1, 0.15) is 93.4 Å². The lowest BCUT2D eigenvalue weighted by atomic mass is 9.40. The van der Waals surface area contributed by atoms with Crippen molar-refractivity contribution in [1.82, 2.24) is 0 Å². The minimum atomic E-state index is 0.620. The van der Waals surface area contributed by atoms with Gasteiger partial charge in [-0.05, 0) is 103 Å². The molecule has 0 amide bonds. The fourth-order valence-electron chi connectivity index (χ4n) is 9.31. The summed E-state index contributed by atoms with van der Waals surface area (Å²) in [6, 6.07) is 0. The van der Waals surface area contributed by atoms with Gasteiger partial charge in [-0.25, -0.2) is 0 Å². The second kappa shape index (κ2) is 6.00. The van der Waals surface area contributed by atoms with E-state index in [9.17, 15) is 0 Å². The van der Waals surface area contributed by atoms with E-state index < -0.39 is 0 Å². The van der Waals surface area contributed by atoms with Crippen molar-refractivity contribution in [2.75, 3.05) is 0 Å². The van der Waals surface area contributed by atoms with Gasteiger partial charge in [-0.3, -0.25) is 0 Å². The van der Waals surface area contributed by atoms with E-state index in [2.05, 4.69) is 48.5 Å². The summed E-state index contributed by atoms with van der Waals surface area (Å²) in [5.41, 5.74) is 1.28. The monoisotopic (exact) mass is 344 g/mol.